The van der Waals surface area contributed by atoms with Crippen LogP contribution < -0.4 is 10.9 Å². The Morgan fingerprint density at radius 1 is 0.963 bits per heavy atom. The van der Waals surface area contributed by atoms with Crippen molar-refractivity contribution in [3.05, 3.63) is 89.7 Å². The fourth-order valence-corrected chi connectivity index (χ4v) is 2.98. The van der Waals surface area contributed by atoms with Crippen LogP contribution in [0.25, 0.3) is 22.2 Å². The van der Waals surface area contributed by atoms with E-state index in [2.05, 4.69) is 20.8 Å². The first-order valence-electron chi connectivity index (χ1n) is 8.33. The third-order valence-electron chi connectivity index (χ3n) is 4.06. The van der Waals surface area contributed by atoms with Crippen molar-refractivity contribution in [2.75, 3.05) is 5.43 Å². The number of hydrazine groups is 1. The number of aromatic nitrogens is 2. The van der Waals surface area contributed by atoms with Gasteiger partial charge in [0.1, 0.15) is 0 Å². The quantitative estimate of drug-likeness (QED) is 0.508. The van der Waals surface area contributed by atoms with Crippen LogP contribution in [-0.2, 0) is 0 Å². The molecule has 5 nitrogen and oxygen atoms in total. The van der Waals surface area contributed by atoms with E-state index in [0.717, 1.165) is 16.5 Å². The molecule has 1 amide bonds. The monoisotopic (exact) mass is 374 g/mol. The maximum atomic E-state index is 12.9. The molecule has 0 saturated heterocycles. The normalized spacial score (nSPS) is 10.6. The Morgan fingerprint density at radius 2 is 1.85 bits per heavy atom. The van der Waals surface area contributed by atoms with Crippen molar-refractivity contribution >= 4 is 34.1 Å². The van der Waals surface area contributed by atoms with E-state index in [1.54, 1.807) is 36.7 Å². The minimum atomic E-state index is -0.265. The number of para-hydroxylation sites is 1. The second kappa shape index (κ2) is 7.43. The molecular formula is C21H15ClN4O. The minimum absolute atomic E-state index is 0.265. The molecule has 2 aromatic carbocycles. The van der Waals surface area contributed by atoms with Gasteiger partial charge in [0.15, 0.2) is 0 Å². The number of hydrogen-bond donors (Lipinski definition) is 2. The molecule has 0 saturated carbocycles. The number of nitrogens with one attached hydrogen (secondary N) is 2. The van der Waals surface area contributed by atoms with E-state index >= 15 is 0 Å². The maximum Gasteiger partial charge on any atom is 0.270 e. The predicted octanol–water partition coefficient (Wildman–Crippen LogP) is 4.71. The molecule has 0 aliphatic rings. The highest BCUT2D eigenvalue weighted by Crippen LogP contribution is 2.24. The smallest absolute Gasteiger partial charge is 0.270 e. The molecule has 2 N–H and O–H groups in total. The lowest BCUT2D eigenvalue weighted by Crippen LogP contribution is -2.29. The van der Waals surface area contributed by atoms with Gasteiger partial charge in [0.2, 0.25) is 0 Å². The van der Waals surface area contributed by atoms with Gasteiger partial charge in [-0.15, -0.1) is 0 Å². The topological polar surface area (TPSA) is 66.9 Å². The number of nitrogens with zero attached hydrogens (tertiary/aromatic N) is 2. The number of anilines is 1. The summed E-state index contributed by atoms with van der Waals surface area (Å²) in [6.07, 6.45) is 3.43. The highest BCUT2D eigenvalue weighted by Gasteiger charge is 2.14. The standard InChI is InChI=1S/C21H15ClN4O/c22-15-6-3-7-16(11-15)25-26-21(27)18-12-20(14-5-4-10-23-13-14)24-19-9-2-1-8-17(18)19/h1-13,25H,(H,26,27). The molecule has 6 heteroatoms. The van der Waals surface area contributed by atoms with Gasteiger partial charge >= 0.3 is 0 Å². The first-order chi connectivity index (χ1) is 13.2. The highest BCUT2D eigenvalue weighted by molar-refractivity contribution is 6.30. The molecule has 0 atom stereocenters. The second-order valence-corrected chi connectivity index (χ2v) is 6.34. The summed E-state index contributed by atoms with van der Waals surface area (Å²) in [5.74, 6) is -0.265. The zero-order valence-electron chi connectivity index (χ0n) is 14.2. The third-order valence-corrected chi connectivity index (χ3v) is 4.30. The number of hydrogen-bond acceptors (Lipinski definition) is 4. The Hall–Kier alpha value is -3.44. The Kier molecular flexibility index (Phi) is 4.68. The SMILES string of the molecule is O=C(NNc1cccc(Cl)c1)c1cc(-c2cccnc2)nc2ccccc12. The number of pyridine rings is 2. The van der Waals surface area contributed by atoms with Crippen LogP contribution >= 0.6 is 11.6 Å². The number of carbonyl (C=O) groups is 1. The Balaban J connectivity index is 1.70. The summed E-state index contributed by atoms with van der Waals surface area (Å²) >= 11 is 5.98. The predicted molar refractivity (Wildman–Crippen MR) is 108 cm³/mol. The number of rotatable bonds is 4. The summed E-state index contributed by atoms with van der Waals surface area (Å²) in [5, 5.41) is 1.36. The summed E-state index contributed by atoms with van der Waals surface area (Å²) < 4.78 is 0. The molecule has 0 bridgehead atoms. The minimum Gasteiger partial charge on any atom is -0.298 e. The zero-order chi connectivity index (χ0) is 18.6. The molecule has 0 fully saturated rings. The summed E-state index contributed by atoms with van der Waals surface area (Å²) in [7, 11) is 0. The van der Waals surface area contributed by atoms with Crippen molar-refractivity contribution in [1.29, 1.82) is 0 Å². The fraction of sp³-hybridized carbons (Fsp3) is 0. The van der Waals surface area contributed by atoms with Crippen LogP contribution in [0.2, 0.25) is 5.02 Å². The van der Waals surface area contributed by atoms with Gasteiger partial charge in [-0.3, -0.25) is 20.6 Å². The van der Waals surface area contributed by atoms with E-state index in [1.807, 2.05) is 42.5 Å². The van der Waals surface area contributed by atoms with Gasteiger partial charge in [-0.2, -0.15) is 0 Å². The Bertz CT molecular complexity index is 1120. The van der Waals surface area contributed by atoms with Crippen molar-refractivity contribution in [3.63, 3.8) is 0 Å². The Labute approximate surface area is 161 Å². The lowest BCUT2D eigenvalue weighted by Gasteiger charge is -2.12. The van der Waals surface area contributed by atoms with E-state index in [-0.39, 0.29) is 5.91 Å². The van der Waals surface area contributed by atoms with Gasteiger partial charge in [-0.05, 0) is 42.5 Å². The molecular weight excluding hydrogens is 360 g/mol. The molecule has 0 radical (unpaired) electrons. The number of benzene rings is 2. The van der Waals surface area contributed by atoms with E-state index < -0.39 is 0 Å². The number of halogens is 1. The largest absolute Gasteiger partial charge is 0.298 e. The molecule has 0 aliphatic heterocycles. The lowest BCUT2D eigenvalue weighted by atomic mass is 10.0. The second-order valence-electron chi connectivity index (χ2n) is 5.90. The van der Waals surface area contributed by atoms with Gasteiger partial charge in [0.05, 0.1) is 22.5 Å². The van der Waals surface area contributed by atoms with Crippen LogP contribution in [0.1, 0.15) is 10.4 Å². The van der Waals surface area contributed by atoms with Gasteiger partial charge in [0, 0.05) is 28.4 Å². The molecule has 132 valence electrons. The molecule has 27 heavy (non-hydrogen) atoms. The third kappa shape index (κ3) is 3.73. The highest BCUT2D eigenvalue weighted by atomic mass is 35.5. The molecule has 0 spiro atoms. The van der Waals surface area contributed by atoms with E-state index in [1.165, 1.54) is 0 Å². The Morgan fingerprint density at radius 3 is 2.67 bits per heavy atom. The number of amides is 1. The fourth-order valence-electron chi connectivity index (χ4n) is 2.79. The average molecular weight is 375 g/mol. The number of fused-ring (bicyclic) bond motifs is 1. The van der Waals surface area contributed by atoms with Gasteiger partial charge in [0.25, 0.3) is 5.91 Å². The van der Waals surface area contributed by atoms with E-state index in [4.69, 9.17) is 11.6 Å². The molecule has 4 rings (SSSR count). The average Bonchev–Trinajstić information content (AvgIpc) is 2.72. The molecule has 0 aliphatic carbocycles. The van der Waals surface area contributed by atoms with Crippen LogP contribution in [0.15, 0.2) is 79.1 Å². The van der Waals surface area contributed by atoms with Crippen molar-refractivity contribution in [1.82, 2.24) is 15.4 Å². The van der Waals surface area contributed by atoms with Crippen molar-refractivity contribution < 1.29 is 4.79 Å². The summed E-state index contributed by atoms with van der Waals surface area (Å²) in [6.45, 7) is 0. The summed E-state index contributed by atoms with van der Waals surface area (Å²) in [4.78, 5) is 21.6. The van der Waals surface area contributed by atoms with E-state index in [0.29, 0.717) is 22.0 Å². The van der Waals surface area contributed by atoms with Crippen LogP contribution in [0.4, 0.5) is 5.69 Å². The van der Waals surface area contributed by atoms with Crippen LogP contribution in [0.3, 0.4) is 0 Å². The van der Waals surface area contributed by atoms with Gasteiger partial charge in [-0.25, -0.2) is 4.98 Å². The molecule has 4 aromatic rings. The molecule has 2 heterocycles. The van der Waals surface area contributed by atoms with Crippen molar-refractivity contribution in [3.8, 4) is 11.3 Å². The van der Waals surface area contributed by atoms with Crippen LogP contribution in [-0.4, -0.2) is 15.9 Å². The van der Waals surface area contributed by atoms with Gasteiger partial charge < -0.3 is 0 Å². The molecule has 2 aromatic heterocycles. The van der Waals surface area contributed by atoms with Crippen molar-refractivity contribution in [2.45, 2.75) is 0 Å². The summed E-state index contributed by atoms with van der Waals surface area (Å²) in [6, 6.07) is 20.2. The van der Waals surface area contributed by atoms with Crippen LogP contribution in [0, 0.1) is 0 Å². The maximum absolute atomic E-state index is 12.9. The number of carbonyl (C=O) groups excluding carboxylic acids is 1. The van der Waals surface area contributed by atoms with Crippen molar-refractivity contribution in [2.24, 2.45) is 0 Å². The lowest BCUT2D eigenvalue weighted by molar-refractivity contribution is 0.0964. The summed E-state index contributed by atoms with van der Waals surface area (Å²) in [5.41, 5.74) is 9.11. The van der Waals surface area contributed by atoms with Crippen LogP contribution in [0.5, 0.6) is 0 Å². The van der Waals surface area contributed by atoms with Gasteiger partial charge in [-0.1, -0.05) is 35.9 Å². The first kappa shape index (κ1) is 17.0. The van der Waals surface area contributed by atoms with E-state index in [9.17, 15) is 4.79 Å². The first-order valence-corrected chi connectivity index (χ1v) is 8.70. The molecule has 0 unspecified atom stereocenters. The zero-order valence-corrected chi connectivity index (χ0v) is 14.9.